The summed E-state index contributed by atoms with van der Waals surface area (Å²) in [6.45, 7) is 9.79. The Morgan fingerprint density at radius 1 is 1.38 bits per heavy atom. The fourth-order valence-corrected chi connectivity index (χ4v) is 3.30. The predicted octanol–water partition coefficient (Wildman–Crippen LogP) is 4.17. The molecule has 1 aliphatic heterocycles. The average molecular weight is 379 g/mol. The first-order chi connectivity index (χ1) is 12.5. The minimum absolute atomic E-state index is 0.137. The van der Waals surface area contributed by atoms with Gasteiger partial charge in [-0.25, -0.2) is 14.0 Å². The van der Waals surface area contributed by atoms with Gasteiger partial charge in [-0.05, 0) is 24.1 Å². The molecular weight excluding hydrogens is 359 g/mol. The van der Waals surface area contributed by atoms with Crippen LogP contribution in [0.2, 0.25) is 5.02 Å². The molecule has 0 bridgehead atoms. The molecule has 1 unspecified atom stereocenters. The Balaban J connectivity index is 2.76. The lowest BCUT2D eigenvalue weighted by atomic mass is 9.83. The van der Waals surface area contributed by atoms with Crippen molar-refractivity contribution in [3.05, 3.63) is 68.7 Å². The molecule has 1 aliphatic rings. The molecule has 0 spiro atoms. The molecule has 0 saturated heterocycles. The first kappa shape index (κ1) is 20.0. The third-order valence-corrected chi connectivity index (χ3v) is 4.41. The second-order valence-corrected chi connectivity index (χ2v) is 6.17. The summed E-state index contributed by atoms with van der Waals surface area (Å²) < 4.78 is 23.7. The second-order valence-electron chi connectivity index (χ2n) is 5.77. The van der Waals surface area contributed by atoms with Gasteiger partial charge in [0.15, 0.2) is 5.70 Å². The van der Waals surface area contributed by atoms with Crippen LogP contribution >= 0.6 is 11.6 Å². The van der Waals surface area contributed by atoms with E-state index in [-0.39, 0.29) is 17.2 Å². The van der Waals surface area contributed by atoms with Crippen LogP contribution in [0.25, 0.3) is 4.85 Å². The number of carbonyl (C=O) groups excluding carboxylic acids is 1. The third-order valence-electron chi connectivity index (χ3n) is 4.09. The van der Waals surface area contributed by atoms with E-state index < -0.39 is 17.7 Å². The van der Waals surface area contributed by atoms with Gasteiger partial charge in [-0.3, -0.25) is 0 Å². The van der Waals surface area contributed by atoms with Crippen molar-refractivity contribution in [2.75, 3.05) is 20.8 Å². The SMILES string of the molecule is [C-]#[N+]C1=C(CCC)NC(COC)=C(C(=O)OC)C1c1ccc(F)cc1Cl. The van der Waals surface area contributed by atoms with Crippen LogP contribution in [0.4, 0.5) is 4.39 Å². The maximum Gasteiger partial charge on any atom is 0.335 e. The van der Waals surface area contributed by atoms with E-state index in [0.717, 1.165) is 6.42 Å². The number of nitrogens with zero attached hydrogens (tertiary/aromatic N) is 1. The molecule has 138 valence electrons. The number of hydrogen-bond acceptors (Lipinski definition) is 4. The summed E-state index contributed by atoms with van der Waals surface area (Å²) in [5.41, 5.74) is 2.28. The summed E-state index contributed by atoms with van der Waals surface area (Å²) in [6.07, 6.45) is 1.42. The molecular formula is C19H20ClFN2O3. The smallest absolute Gasteiger partial charge is 0.335 e. The number of carbonyl (C=O) groups is 1. The van der Waals surface area contributed by atoms with Crippen LogP contribution < -0.4 is 5.32 Å². The van der Waals surface area contributed by atoms with Gasteiger partial charge in [0.2, 0.25) is 0 Å². The van der Waals surface area contributed by atoms with E-state index in [2.05, 4.69) is 10.2 Å². The number of dihydropyridines is 1. The van der Waals surface area contributed by atoms with Crippen LogP contribution in [0.15, 0.2) is 40.9 Å². The van der Waals surface area contributed by atoms with Gasteiger partial charge >= 0.3 is 5.97 Å². The van der Waals surface area contributed by atoms with Crippen molar-refractivity contribution in [3.63, 3.8) is 0 Å². The van der Waals surface area contributed by atoms with Crippen molar-refractivity contribution in [2.45, 2.75) is 25.7 Å². The number of esters is 1. The molecule has 0 radical (unpaired) electrons. The highest BCUT2D eigenvalue weighted by Gasteiger charge is 2.37. The van der Waals surface area contributed by atoms with Gasteiger partial charge in [0.05, 0.1) is 37.5 Å². The maximum atomic E-state index is 13.5. The molecule has 1 atom stereocenters. The molecule has 1 aromatic rings. The first-order valence-electron chi connectivity index (χ1n) is 8.11. The Morgan fingerprint density at radius 2 is 2.12 bits per heavy atom. The van der Waals surface area contributed by atoms with E-state index in [1.54, 1.807) is 0 Å². The summed E-state index contributed by atoms with van der Waals surface area (Å²) >= 11 is 6.26. The number of rotatable bonds is 6. The number of halogens is 2. The molecule has 0 aromatic heterocycles. The van der Waals surface area contributed by atoms with Gasteiger partial charge in [-0.15, -0.1) is 0 Å². The van der Waals surface area contributed by atoms with Crippen molar-refractivity contribution < 1.29 is 18.7 Å². The number of allylic oxidation sites excluding steroid dienone is 2. The summed E-state index contributed by atoms with van der Waals surface area (Å²) in [4.78, 5) is 16.2. The van der Waals surface area contributed by atoms with E-state index in [0.29, 0.717) is 29.1 Å². The Labute approximate surface area is 157 Å². The molecule has 0 fully saturated rings. The zero-order valence-electron chi connectivity index (χ0n) is 14.9. The molecule has 1 N–H and O–H groups in total. The van der Waals surface area contributed by atoms with Gasteiger partial charge in [-0.2, -0.15) is 0 Å². The molecule has 0 amide bonds. The van der Waals surface area contributed by atoms with Crippen molar-refractivity contribution in [1.82, 2.24) is 5.32 Å². The van der Waals surface area contributed by atoms with Gasteiger partial charge in [0.25, 0.3) is 0 Å². The quantitative estimate of drug-likeness (QED) is 0.596. The Morgan fingerprint density at radius 3 is 2.65 bits per heavy atom. The fraction of sp³-hybridized carbons (Fsp3) is 0.368. The summed E-state index contributed by atoms with van der Waals surface area (Å²) in [5, 5.41) is 3.30. The van der Waals surface area contributed by atoms with Gasteiger partial charge in [0, 0.05) is 17.8 Å². The second kappa shape index (κ2) is 8.84. The van der Waals surface area contributed by atoms with Crippen LogP contribution in [0, 0.1) is 12.4 Å². The monoisotopic (exact) mass is 378 g/mol. The molecule has 0 saturated carbocycles. The lowest BCUT2D eigenvalue weighted by Gasteiger charge is -2.31. The van der Waals surface area contributed by atoms with Gasteiger partial charge < -0.3 is 14.8 Å². The van der Waals surface area contributed by atoms with E-state index >= 15 is 0 Å². The molecule has 7 heteroatoms. The van der Waals surface area contributed by atoms with E-state index in [9.17, 15) is 9.18 Å². The highest BCUT2D eigenvalue weighted by atomic mass is 35.5. The normalized spacial score (nSPS) is 17.0. The molecule has 1 aromatic carbocycles. The Bertz CT molecular complexity index is 811. The average Bonchev–Trinajstić information content (AvgIpc) is 2.61. The van der Waals surface area contributed by atoms with Crippen LogP contribution in [-0.4, -0.2) is 26.8 Å². The highest BCUT2D eigenvalue weighted by Crippen LogP contribution is 2.42. The molecule has 26 heavy (non-hydrogen) atoms. The number of methoxy groups -OCH3 is 2. The standard InChI is InChI=1S/C19H20ClFN2O3/c1-5-6-14-18(22-2)16(12-8-7-11(21)9-13(12)20)17(19(24)26-4)15(23-14)10-25-3/h7-9,16,23H,5-6,10H2,1,3-4H3. The maximum absolute atomic E-state index is 13.5. The van der Waals surface area contributed by atoms with Crippen molar-refractivity contribution in [3.8, 4) is 0 Å². The van der Waals surface area contributed by atoms with E-state index in [1.807, 2.05) is 6.92 Å². The molecule has 0 aliphatic carbocycles. The fourth-order valence-electron chi connectivity index (χ4n) is 3.02. The summed E-state index contributed by atoms with van der Waals surface area (Å²) in [7, 11) is 2.78. The van der Waals surface area contributed by atoms with Crippen molar-refractivity contribution in [2.24, 2.45) is 0 Å². The largest absolute Gasteiger partial charge is 0.466 e. The summed E-state index contributed by atoms with van der Waals surface area (Å²) in [5.74, 6) is -1.83. The van der Waals surface area contributed by atoms with Crippen molar-refractivity contribution in [1.29, 1.82) is 0 Å². The lowest BCUT2D eigenvalue weighted by molar-refractivity contribution is -0.136. The number of nitrogens with one attached hydrogen (secondary N) is 1. The minimum atomic E-state index is -0.749. The number of benzene rings is 1. The Kier molecular flexibility index (Phi) is 6.78. The molecule has 5 nitrogen and oxygen atoms in total. The lowest BCUT2D eigenvalue weighted by Crippen LogP contribution is -2.32. The molecule has 2 rings (SSSR count). The zero-order chi connectivity index (χ0) is 19.3. The van der Waals surface area contributed by atoms with Crippen LogP contribution in [0.3, 0.4) is 0 Å². The van der Waals surface area contributed by atoms with Gasteiger partial charge in [0.1, 0.15) is 5.82 Å². The molecule has 1 heterocycles. The zero-order valence-corrected chi connectivity index (χ0v) is 15.6. The Hall–Kier alpha value is -2.36. The van der Waals surface area contributed by atoms with Crippen LogP contribution in [0.5, 0.6) is 0 Å². The third kappa shape index (κ3) is 3.90. The van der Waals surface area contributed by atoms with Crippen molar-refractivity contribution >= 4 is 17.6 Å². The summed E-state index contributed by atoms with van der Waals surface area (Å²) in [6, 6.07) is 3.93. The van der Waals surface area contributed by atoms with Crippen LogP contribution in [-0.2, 0) is 14.3 Å². The predicted molar refractivity (Wildman–Crippen MR) is 96.7 cm³/mol. The number of hydrogen-bond donors (Lipinski definition) is 1. The first-order valence-corrected chi connectivity index (χ1v) is 8.48. The number of ether oxygens (including phenoxy) is 2. The van der Waals surface area contributed by atoms with Gasteiger partial charge in [-0.1, -0.05) is 31.0 Å². The van der Waals surface area contributed by atoms with E-state index in [1.165, 1.54) is 32.4 Å². The van der Waals surface area contributed by atoms with E-state index in [4.69, 9.17) is 27.6 Å². The topological polar surface area (TPSA) is 51.9 Å². The highest BCUT2D eigenvalue weighted by molar-refractivity contribution is 6.31. The van der Waals surface area contributed by atoms with Crippen LogP contribution in [0.1, 0.15) is 31.2 Å². The minimum Gasteiger partial charge on any atom is -0.466 e.